The SMILES string of the molecule is Cc1cc(C(Cl)C2CCOC2C)cc(C)c1F. The molecule has 1 fully saturated rings. The predicted molar refractivity (Wildman–Crippen MR) is 68.0 cm³/mol. The smallest absolute Gasteiger partial charge is 0.129 e. The van der Waals surface area contributed by atoms with E-state index >= 15 is 0 Å². The van der Waals surface area contributed by atoms with Crippen LogP contribution >= 0.6 is 11.6 Å². The van der Waals surface area contributed by atoms with Crippen LogP contribution in [0.25, 0.3) is 0 Å². The van der Waals surface area contributed by atoms with Crippen molar-refractivity contribution in [1.29, 1.82) is 0 Å². The van der Waals surface area contributed by atoms with Crippen LogP contribution in [-0.2, 0) is 4.74 Å². The molecule has 1 aromatic carbocycles. The molecule has 0 aromatic heterocycles. The highest BCUT2D eigenvalue weighted by atomic mass is 35.5. The average molecular weight is 257 g/mol. The Labute approximate surface area is 107 Å². The first-order valence-electron chi connectivity index (χ1n) is 6.03. The maximum absolute atomic E-state index is 13.6. The van der Waals surface area contributed by atoms with Crippen molar-refractivity contribution < 1.29 is 9.13 Å². The average Bonchev–Trinajstić information content (AvgIpc) is 2.70. The van der Waals surface area contributed by atoms with E-state index in [9.17, 15) is 4.39 Å². The van der Waals surface area contributed by atoms with Crippen molar-refractivity contribution in [2.45, 2.75) is 38.7 Å². The molecule has 1 aliphatic heterocycles. The standard InChI is InChI=1S/C14H18ClFO/c1-8-6-11(7-9(2)14(8)16)13(15)12-4-5-17-10(12)3/h6-7,10,12-13H,4-5H2,1-3H3. The van der Waals surface area contributed by atoms with E-state index < -0.39 is 0 Å². The summed E-state index contributed by atoms with van der Waals surface area (Å²) in [4.78, 5) is 0. The normalized spacial score (nSPS) is 26.2. The molecule has 3 atom stereocenters. The summed E-state index contributed by atoms with van der Waals surface area (Å²) in [6, 6.07) is 3.70. The molecular weight excluding hydrogens is 239 g/mol. The van der Waals surface area contributed by atoms with Gasteiger partial charge in [-0.2, -0.15) is 0 Å². The fourth-order valence-electron chi connectivity index (χ4n) is 2.52. The lowest BCUT2D eigenvalue weighted by molar-refractivity contribution is 0.105. The minimum Gasteiger partial charge on any atom is -0.378 e. The molecule has 1 saturated heterocycles. The van der Waals surface area contributed by atoms with Crippen LogP contribution in [0, 0.1) is 25.6 Å². The molecule has 0 spiro atoms. The van der Waals surface area contributed by atoms with Crippen LogP contribution in [0.5, 0.6) is 0 Å². The van der Waals surface area contributed by atoms with Gasteiger partial charge in [0.2, 0.25) is 0 Å². The number of aryl methyl sites for hydroxylation is 2. The minimum absolute atomic E-state index is 0.0921. The number of hydrogen-bond donors (Lipinski definition) is 0. The van der Waals surface area contributed by atoms with Gasteiger partial charge in [-0.05, 0) is 43.9 Å². The summed E-state index contributed by atoms with van der Waals surface area (Å²) in [5, 5.41) is -0.0921. The van der Waals surface area contributed by atoms with Gasteiger partial charge in [0.1, 0.15) is 5.82 Å². The van der Waals surface area contributed by atoms with Crippen LogP contribution in [0.15, 0.2) is 12.1 Å². The summed E-state index contributed by atoms with van der Waals surface area (Å²) in [5.74, 6) is 0.189. The van der Waals surface area contributed by atoms with Gasteiger partial charge in [-0.3, -0.25) is 0 Å². The van der Waals surface area contributed by atoms with E-state index in [0.29, 0.717) is 17.0 Å². The highest BCUT2D eigenvalue weighted by Crippen LogP contribution is 2.38. The maximum Gasteiger partial charge on any atom is 0.129 e. The van der Waals surface area contributed by atoms with Gasteiger partial charge < -0.3 is 4.74 Å². The van der Waals surface area contributed by atoms with Crippen molar-refractivity contribution in [3.05, 3.63) is 34.6 Å². The number of alkyl halides is 1. The Morgan fingerprint density at radius 3 is 2.41 bits per heavy atom. The van der Waals surface area contributed by atoms with Crippen LogP contribution in [-0.4, -0.2) is 12.7 Å². The fraction of sp³-hybridized carbons (Fsp3) is 0.571. The van der Waals surface area contributed by atoms with Gasteiger partial charge in [0.25, 0.3) is 0 Å². The molecular formula is C14H18ClFO. The Bertz CT molecular complexity index is 396. The Morgan fingerprint density at radius 2 is 1.94 bits per heavy atom. The van der Waals surface area contributed by atoms with E-state index in [2.05, 4.69) is 6.92 Å². The van der Waals surface area contributed by atoms with Crippen LogP contribution in [0.1, 0.15) is 35.4 Å². The lowest BCUT2D eigenvalue weighted by Gasteiger charge is -2.21. The molecule has 17 heavy (non-hydrogen) atoms. The van der Waals surface area contributed by atoms with E-state index in [-0.39, 0.29) is 17.3 Å². The zero-order chi connectivity index (χ0) is 12.6. The van der Waals surface area contributed by atoms with E-state index in [1.54, 1.807) is 13.8 Å². The fourth-order valence-corrected chi connectivity index (χ4v) is 2.98. The van der Waals surface area contributed by atoms with Gasteiger partial charge in [0.05, 0.1) is 11.5 Å². The van der Waals surface area contributed by atoms with Crippen molar-refractivity contribution in [2.24, 2.45) is 5.92 Å². The third-order valence-electron chi connectivity index (χ3n) is 3.59. The monoisotopic (exact) mass is 256 g/mol. The van der Waals surface area contributed by atoms with E-state index in [4.69, 9.17) is 16.3 Å². The third-order valence-corrected chi connectivity index (χ3v) is 4.16. The van der Waals surface area contributed by atoms with Crippen LogP contribution in [0.3, 0.4) is 0 Å². The van der Waals surface area contributed by atoms with E-state index in [1.165, 1.54) is 0 Å². The molecule has 0 aliphatic carbocycles. The molecule has 94 valence electrons. The molecule has 3 unspecified atom stereocenters. The number of rotatable bonds is 2. The summed E-state index contributed by atoms with van der Waals surface area (Å²) >= 11 is 6.50. The van der Waals surface area contributed by atoms with E-state index in [0.717, 1.165) is 18.6 Å². The first-order chi connectivity index (χ1) is 8.00. The van der Waals surface area contributed by atoms with Gasteiger partial charge in [0, 0.05) is 12.5 Å². The zero-order valence-electron chi connectivity index (χ0n) is 10.5. The number of halogens is 2. The minimum atomic E-state index is -0.131. The summed E-state index contributed by atoms with van der Waals surface area (Å²) in [5.41, 5.74) is 2.33. The molecule has 0 N–H and O–H groups in total. The molecule has 3 heteroatoms. The predicted octanol–water partition coefficient (Wildman–Crippen LogP) is 4.15. The van der Waals surface area contributed by atoms with Gasteiger partial charge in [-0.15, -0.1) is 11.6 Å². The van der Waals surface area contributed by atoms with Crippen LogP contribution in [0.2, 0.25) is 0 Å². The van der Waals surface area contributed by atoms with Gasteiger partial charge in [-0.1, -0.05) is 12.1 Å². The van der Waals surface area contributed by atoms with Gasteiger partial charge in [-0.25, -0.2) is 4.39 Å². The molecule has 0 bridgehead atoms. The Kier molecular flexibility index (Phi) is 3.74. The van der Waals surface area contributed by atoms with Crippen LogP contribution in [0.4, 0.5) is 4.39 Å². The lowest BCUT2D eigenvalue weighted by Crippen LogP contribution is -2.16. The molecule has 1 aromatic rings. The number of benzene rings is 1. The summed E-state index contributed by atoms with van der Waals surface area (Å²) in [7, 11) is 0. The maximum atomic E-state index is 13.6. The zero-order valence-corrected chi connectivity index (χ0v) is 11.2. The highest BCUT2D eigenvalue weighted by Gasteiger charge is 2.31. The number of ether oxygens (including phenoxy) is 1. The first kappa shape index (κ1) is 12.8. The second-order valence-electron chi connectivity index (χ2n) is 4.90. The molecule has 0 saturated carbocycles. The molecule has 1 heterocycles. The summed E-state index contributed by atoms with van der Waals surface area (Å²) in [6.07, 6.45) is 1.16. The van der Waals surface area contributed by atoms with Crippen molar-refractivity contribution in [3.8, 4) is 0 Å². The highest BCUT2D eigenvalue weighted by molar-refractivity contribution is 6.21. The largest absolute Gasteiger partial charge is 0.378 e. The van der Waals surface area contributed by atoms with Gasteiger partial charge >= 0.3 is 0 Å². The Hall–Kier alpha value is -0.600. The lowest BCUT2D eigenvalue weighted by atomic mass is 9.91. The molecule has 0 amide bonds. The van der Waals surface area contributed by atoms with E-state index in [1.807, 2.05) is 12.1 Å². The molecule has 1 nitrogen and oxygen atoms in total. The van der Waals surface area contributed by atoms with Crippen molar-refractivity contribution in [3.63, 3.8) is 0 Å². The quantitative estimate of drug-likeness (QED) is 0.723. The third kappa shape index (κ3) is 2.48. The van der Waals surface area contributed by atoms with Crippen molar-refractivity contribution in [1.82, 2.24) is 0 Å². The molecule has 1 aliphatic rings. The second kappa shape index (κ2) is 4.95. The number of hydrogen-bond acceptors (Lipinski definition) is 1. The topological polar surface area (TPSA) is 9.23 Å². The second-order valence-corrected chi connectivity index (χ2v) is 5.37. The van der Waals surface area contributed by atoms with Crippen molar-refractivity contribution in [2.75, 3.05) is 6.61 Å². The molecule has 2 rings (SSSR count). The summed E-state index contributed by atoms with van der Waals surface area (Å²) in [6.45, 7) is 6.39. The van der Waals surface area contributed by atoms with Crippen LogP contribution < -0.4 is 0 Å². The summed E-state index contributed by atoms with van der Waals surface area (Å²) < 4.78 is 19.1. The Morgan fingerprint density at radius 1 is 1.35 bits per heavy atom. The van der Waals surface area contributed by atoms with Gasteiger partial charge in [0.15, 0.2) is 0 Å². The molecule has 0 radical (unpaired) electrons. The van der Waals surface area contributed by atoms with Crippen molar-refractivity contribution >= 4 is 11.6 Å². The first-order valence-corrected chi connectivity index (χ1v) is 6.46. The Balaban J connectivity index is 2.27.